The van der Waals surface area contributed by atoms with Gasteiger partial charge in [0.1, 0.15) is 12.4 Å². The molecule has 1 unspecified atom stereocenters. The standard InChI is InChI=1S/C17H18N2O4S/c1-12-7-9-14(10-8-12)24(21,22)18-17(20)19-13(2)11-23-16-6-4-3-5-15(16)19/h3-10,13H,11H2,1-2H3,(H,18,20). The Morgan fingerprint density at radius 3 is 2.54 bits per heavy atom. The maximum atomic E-state index is 12.6. The highest BCUT2D eigenvalue weighted by atomic mass is 32.2. The number of aryl methyl sites for hydroxylation is 1. The molecule has 1 atom stereocenters. The molecule has 126 valence electrons. The summed E-state index contributed by atoms with van der Waals surface area (Å²) in [6.07, 6.45) is 0. The van der Waals surface area contributed by atoms with Crippen molar-refractivity contribution in [3.8, 4) is 5.75 Å². The highest BCUT2D eigenvalue weighted by Crippen LogP contribution is 2.33. The van der Waals surface area contributed by atoms with Gasteiger partial charge >= 0.3 is 6.03 Å². The van der Waals surface area contributed by atoms with E-state index in [2.05, 4.69) is 4.72 Å². The van der Waals surface area contributed by atoms with Gasteiger partial charge in [0, 0.05) is 0 Å². The fourth-order valence-corrected chi connectivity index (χ4v) is 3.49. The third-order valence-electron chi connectivity index (χ3n) is 3.82. The molecular weight excluding hydrogens is 328 g/mol. The van der Waals surface area contributed by atoms with E-state index in [4.69, 9.17) is 4.74 Å². The Bertz CT molecular complexity index is 862. The first kappa shape index (κ1) is 16.3. The molecule has 1 aliphatic heterocycles. The molecule has 7 heteroatoms. The summed E-state index contributed by atoms with van der Waals surface area (Å²) in [5.41, 5.74) is 1.49. The number of urea groups is 1. The van der Waals surface area contributed by atoms with Crippen molar-refractivity contribution in [1.82, 2.24) is 4.72 Å². The number of para-hydroxylation sites is 2. The Kier molecular flexibility index (Phi) is 4.19. The SMILES string of the molecule is Cc1ccc(S(=O)(=O)NC(=O)N2c3ccccc3OCC2C)cc1. The van der Waals surface area contributed by atoms with Crippen molar-refractivity contribution in [2.24, 2.45) is 0 Å². The largest absolute Gasteiger partial charge is 0.489 e. The molecule has 0 aromatic heterocycles. The first-order valence-corrected chi connectivity index (χ1v) is 9.01. The fourth-order valence-electron chi connectivity index (χ4n) is 2.55. The Hall–Kier alpha value is -2.54. The summed E-state index contributed by atoms with van der Waals surface area (Å²) in [6, 6.07) is 12.4. The zero-order chi connectivity index (χ0) is 17.3. The number of benzene rings is 2. The van der Waals surface area contributed by atoms with E-state index in [1.165, 1.54) is 17.0 Å². The van der Waals surface area contributed by atoms with Crippen LogP contribution in [0.25, 0.3) is 0 Å². The molecule has 0 saturated carbocycles. The van der Waals surface area contributed by atoms with Crippen molar-refractivity contribution in [3.63, 3.8) is 0 Å². The van der Waals surface area contributed by atoms with Gasteiger partial charge in [-0.3, -0.25) is 4.90 Å². The first-order chi connectivity index (χ1) is 11.4. The van der Waals surface area contributed by atoms with Gasteiger partial charge in [0.15, 0.2) is 0 Å². The van der Waals surface area contributed by atoms with Crippen LogP contribution in [-0.4, -0.2) is 27.1 Å². The van der Waals surface area contributed by atoms with E-state index in [-0.39, 0.29) is 10.9 Å². The van der Waals surface area contributed by atoms with Crippen molar-refractivity contribution in [2.75, 3.05) is 11.5 Å². The van der Waals surface area contributed by atoms with Crippen LogP contribution < -0.4 is 14.4 Å². The van der Waals surface area contributed by atoms with Crippen LogP contribution >= 0.6 is 0 Å². The summed E-state index contributed by atoms with van der Waals surface area (Å²) < 4.78 is 32.6. The minimum Gasteiger partial charge on any atom is -0.489 e. The summed E-state index contributed by atoms with van der Waals surface area (Å²) >= 11 is 0. The molecule has 0 spiro atoms. The van der Waals surface area contributed by atoms with Crippen LogP contribution in [0.5, 0.6) is 5.75 Å². The predicted octanol–water partition coefficient (Wildman–Crippen LogP) is 2.68. The molecule has 1 heterocycles. The van der Waals surface area contributed by atoms with Crippen LogP contribution in [0.4, 0.5) is 10.5 Å². The lowest BCUT2D eigenvalue weighted by molar-refractivity contribution is 0.234. The molecule has 1 aliphatic rings. The molecule has 0 aliphatic carbocycles. The zero-order valence-corrected chi connectivity index (χ0v) is 14.2. The van der Waals surface area contributed by atoms with Crippen molar-refractivity contribution < 1.29 is 17.9 Å². The second kappa shape index (κ2) is 6.16. The third kappa shape index (κ3) is 3.07. The summed E-state index contributed by atoms with van der Waals surface area (Å²) in [6.45, 7) is 3.96. The van der Waals surface area contributed by atoms with Gasteiger partial charge in [0.2, 0.25) is 0 Å². The van der Waals surface area contributed by atoms with Crippen molar-refractivity contribution in [3.05, 3.63) is 54.1 Å². The molecular formula is C17H18N2O4S. The van der Waals surface area contributed by atoms with Crippen LogP contribution in [0.1, 0.15) is 12.5 Å². The smallest absolute Gasteiger partial charge is 0.336 e. The van der Waals surface area contributed by atoms with E-state index in [0.29, 0.717) is 18.0 Å². The van der Waals surface area contributed by atoms with Crippen molar-refractivity contribution >= 4 is 21.7 Å². The van der Waals surface area contributed by atoms with Gasteiger partial charge in [-0.15, -0.1) is 0 Å². The van der Waals surface area contributed by atoms with Crippen molar-refractivity contribution in [2.45, 2.75) is 24.8 Å². The molecule has 0 saturated heterocycles. The number of hydrogen-bond donors (Lipinski definition) is 1. The molecule has 2 aromatic carbocycles. The minimum absolute atomic E-state index is 0.0515. The average molecular weight is 346 g/mol. The first-order valence-electron chi connectivity index (χ1n) is 7.53. The summed E-state index contributed by atoms with van der Waals surface area (Å²) in [5.74, 6) is 0.554. The number of carbonyl (C=O) groups excluding carboxylic acids is 1. The van der Waals surface area contributed by atoms with E-state index in [9.17, 15) is 13.2 Å². The Morgan fingerprint density at radius 1 is 1.17 bits per heavy atom. The number of sulfonamides is 1. The van der Waals surface area contributed by atoms with Crippen LogP contribution in [0.15, 0.2) is 53.4 Å². The average Bonchev–Trinajstić information content (AvgIpc) is 2.54. The second-order valence-electron chi connectivity index (χ2n) is 5.72. The maximum Gasteiger partial charge on any atom is 0.336 e. The van der Waals surface area contributed by atoms with Gasteiger partial charge in [-0.1, -0.05) is 29.8 Å². The van der Waals surface area contributed by atoms with E-state index in [1.54, 1.807) is 43.3 Å². The molecule has 0 radical (unpaired) electrons. The van der Waals surface area contributed by atoms with Crippen LogP contribution in [-0.2, 0) is 10.0 Å². The lowest BCUT2D eigenvalue weighted by Crippen LogP contribution is -2.51. The molecule has 3 rings (SSSR count). The van der Waals surface area contributed by atoms with E-state index in [0.717, 1.165) is 5.56 Å². The number of rotatable bonds is 2. The molecule has 0 bridgehead atoms. The Balaban J connectivity index is 1.88. The van der Waals surface area contributed by atoms with Gasteiger partial charge < -0.3 is 4.74 Å². The number of amides is 2. The molecule has 2 amide bonds. The molecule has 24 heavy (non-hydrogen) atoms. The number of anilines is 1. The third-order valence-corrected chi connectivity index (χ3v) is 5.15. The number of ether oxygens (including phenoxy) is 1. The van der Waals surface area contributed by atoms with E-state index in [1.807, 2.05) is 6.92 Å². The highest BCUT2D eigenvalue weighted by Gasteiger charge is 2.31. The zero-order valence-electron chi connectivity index (χ0n) is 13.4. The lowest BCUT2D eigenvalue weighted by Gasteiger charge is -2.34. The minimum atomic E-state index is -3.93. The maximum absolute atomic E-state index is 12.6. The van der Waals surface area contributed by atoms with Gasteiger partial charge in [-0.2, -0.15) is 0 Å². The van der Waals surface area contributed by atoms with Crippen LogP contribution in [0.3, 0.4) is 0 Å². The second-order valence-corrected chi connectivity index (χ2v) is 7.40. The number of nitrogens with zero attached hydrogens (tertiary/aromatic N) is 1. The quantitative estimate of drug-likeness (QED) is 0.907. The van der Waals surface area contributed by atoms with Gasteiger partial charge in [0.05, 0.1) is 16.6 Å². The van der Waals surface area contributed by atoms with Crippen molar-refractivity contribution in [1.29, 1.82) is 0 Å². The highest BCUT2D eigenvalue weighted by molar-refractivity contribution is 7.90. The van der Waals surface area contributed by atoms with Gasteiger partial charge in [-0.25, -0.2) is 17.9 Å². The molecule has 0 fully saturated rings. The topological polar surface area (TPSA) is 75.7 Å². The number of hydrogen-bond acceptors (Lipinski definition) is 4. The van der Waals surface area contributed by atoms with Gasteiger partial charge in [-0.05, 0) is 38.1 Å². The summed E-state index contributed by atoms with van der Waals surface area (Å²) in [4.78, 5) is 14.1. The van der Waals surface area contributed by atoms with E-state index >= 15 is 0 Å². The molecule has 2 aromatic rings. The Labute approximate surface area is 141 Å². The van der Waals surface area contributed by atoms with Crippen LogP contribution in [0, 0.1) is 6.92 Å². The summed E-state index contributed by atoms with van der Waals surface area (Å²) in [7, 11) is -3.93. The fraction of sp³-hybridized carbons (Fsp3) is 0.235. The lowest BCUT2D eigenvalue weighted by atomic mass is 10.2. The van der Waals surface area contributed by atoms with Gasteiger partial charge in [0.25, 0.3) is 10.0 Å². The van der Waals surface area contributed by atoms with Crippen LogP contribution in [0.2, 0.25) is 0 Å². The summed E-state index contributed by atoms with van der Waals surface area (Å²) in [5, 5.41) is 0. The Morgan fingerprint density at radius 2 is 1.83 bits per heavy atom. The normalized spacial score (nSPS) is 16.9. The predicted molar refractivity (Wildman–Crippen MR) is 90.8 cm³/mol. The van der Waals surface area contributed by atoms with E-state index < -0.39 is 16.1 Å². The monoisotopic (exact) mass is 346 g/mol. The number of nitrogens with one attached hydrogen (secondary N) is 1. The molecule has 1 N–H and O–H groups in total. The molecule has 6 nitrogen and oxygen atoms in total. The number of carbonyl (C=O) groups is 1. The number of fused-ring (bicyclic) bond motifs is 1.